The normalized spacial score (nSPS) is 15.6. The van der Waals surface area contributed by atoms with Gasteiger partial charge in [-0.05, 0) is 0 Å². The van der Waals surface area contributed by atoms with Crippen LogP contribution in [0.4, 0.5) is 0 Å². The summed E-state index contributed by atoms with van der Waals surface area (Å²) in [6, 6.07) is 12.5. The van der Waals surface area contributed by atoms with Gasteiger partial charge < -0.3 is 0 Å². The minimum atomic E-state index is -2.15. The summed E-state index contributed by atoms with van der Waals surface area (Å²) < 4.78 is 5.24. The van der Waals surface area contributed by atoms with Crippen LogP contribution in [0.25, 0.3) is 11.1 Å². The molecule has 0 radical (unpaired) electrons. The van der Waals surface area contributed by atoms with Gasteiger partial charge >= 0.3 is 219 Å². The first-order chi connectivity index (χ1) is 15.6. The Labute approximate surface area is 217 Å². The van der Waals surface area contributed by atoms with E-state index in [4.69, 9.17) is 0 Å². The molecule has 2 aliphatic rings. The van der Waals surface area contributed by atoms with Gasteiger partial charge in [0.1, 0.15) is 0 Å². The van der Waals surface area contributed by atoms with Crippen LogP contribution in [0.2, 0.25) is 19.6 Å². The van der Waals surface area contributed by atoms with E-state index in [2.05, 4.69) is 118 Å². The van der Waals surface area contributed by atoms with E-state index in [1.807, 2.05) is 0 Å². The van der Waals surface area contributed by atoms with Gasteiger partial charge in [0.25, 0.3) is 0 Å². The summed E-state index contributed by atoms with van der Waals surface area (Å²) in [7, 11) is -1.28. The van der Waals surface area contributed by atoms with Crippen LogP contribution < -0.4 is 3.27 Å². The zero-order chi connectivity index (χ0) is 25.2. The first-order valence-electron chi connectivity index (χ1n) is 13.0. The zero-order valence-corrected chi connectivity index (χ0v) is 26.9. The summed E-state index contributed by atoms with van der Waals surface area (Å²) in [5.41, 5.74) is 9.46. The van der Waals surface area contributed by atoms with Gasteiger partial charge in [0.2, 0.25) is 0 Å². The summed E-state index contributed by atoms with van der Waals surface area (Å²) in [6.07, 6.45) is 7.52. The van der Waals surface area contributed by atoms with Gasteiger partial charge in [-0.25, -0.2) is 0 Å². The van der Waals surface area contributed by atoms with Crippen LogP contribution in [0.1, 0.15) is 84.1 Å². The van der Waals surface area contributed by atoms with Gasteiger partial charge in [-0.15, -0.1) is 0 Å². The first-order valence-corrected chi connectivity index (χ1v) is 20.2. The number of rotatable bonds is 3. The van der Waals surface area contributed by atoms with Crippen molar-refractivity contribution in [2.45, 2.75) is 98.7 Å². The summed E-state index contributed by atoms with van der Waals surface area (Å²) in [5.74, 6) is 0. The molecule has 0 atom stereocenters. The molecule has 4 rings (SSSR count). The second-order valence-electron chi connectivity index (χ2n) is 13.8. The molecule has 0 aromatic heterocycles. The van der Waals surface area contributed by atoms with Gasteiger partial charge in [0.15, 0.2) is 0 Å². The van der Waals surface area contributed by atoms with Gasteiger partial charge in [-0.2, -0.15) is 0 Å². The Morgan fingerprint density at radius 2 is 1.44 bits per heavy atom. The molecule has 0 saturated carbocycles. The molecule has 0 nitrogen and oxygen atoms in total. The molecule has 0 unspecified atom stereocenters. The molecule has 0 aliphatic heterocycles. The standard InChI is InChI=1S/C21H25.C8H13Si.C3H6.Zr/c1-20(2,3)16-9-7-14-11-15-8-10-17(21(4,5)6)13-19(15)18(14)12-16;1-9(2,3)8-6-4-5-7-8;1-3-2;/h7,9-10,12-13H,11H2,1-6H3;6-7H,4H2,1-3H3;1-2H3;. The average molecular weight is 548 g/mol. The SMILES string of the molecule is C[C](C)=[Zr]([C]1=CC([Si](C)(C)C)=CC1)[c]1cc(C(C)(C)C)cc2c1Cc1ccc(C(C)(C)C)cc1-2. The molecule has 2 aliphatic carbocycles. The molecule has 0 spiro atoms. The van der Waals surface area contributed by atoms with Crippen molar-refractivity contribution >= 4 is 14.6 Å². The molecular weight excluding hydrogens is 504 g/mol. The van der Waals surface area contributed by atoms with Crippen molar-refractivity contribution in [1.29, 1.82) is 0 Å². The molecule has 180 valence electrons. The monoisotopic (exact) mass is 546 g/mol. The van der Waals surface area contributed by atoms with E-state index in [0.29, 0.717) is 0 Å². The van der Waals surface area contributed by atoms with E-state index in [1.165, 1.54) is 34.2 Å². The molecular formula is C32H44SiZr. The van der Waals surface area contributed by atoms with Crippen molar-refractivity contribution in [2.24, 2.45) is 0 Å². The molecule has 0 N–H and O–H groups in total. The third kappa shape index (κ3) is 4.92. The number of fused-ring (bicyclic) bond motifs is 3. The Balaban J connectivity index is 1.95. The van der Waals surface area contributed by atoms with E-state index in [0.717, 1.165) is 6.42 Å². The van der Waals surface area contributed by atoms with Crippen LogP contribution in [-0.4, -0.2) is 11.3 Å². The molecule has 2 heteroatoms. The first kappa shape index (κ1) is 26.0. The van der Waals surface area contributed by atoms with Gasteiger partial charge in [-0.3, -0.25) is 0 Å². The van der Waals surface area contributed by atoms with Gasteiger partial charge in [-0.1, -0.05) is 0 Å². The van der Waals surface area contributed by atoms with Gasteiger partial charge in [0.05, 0.1) is 0 Å². The molecule has 0 fully saturated rings. The minimum absolute atomic E-state index is 0.149. The van der Waals surface area contributed by atoms with Crippen LogP contribution in [0.3, 0.4) is 0 Å². The summed E-state index contributed by atoms with van der Waals surface area (Å²) in [4.78, 5) is 0. The van der Waals surface area contributed by atoms with E-state index < -0.39 is 29.3 Å². The Morgan fingerprint density at radius 1 is 0.824 bits per heavy atom. The van der Waals surface area contributed by atoms with Gasteiger partial charge in [0, 0.05) is 0 Å². The number of hydrogen-bond acceptors (Lipinski definition) is 0. The number of hydrogen-bond donors (Lipinski definition) is 0. The number of allylic oxidation sites excluding steroid dienone is 4. The molecule has 0 bridgehead atoms. The van der Waals surface area contributed by atoms with Crippen molar-refractivity contribution in [3.05, 3.63) is 73.2 Å². The summed E-state index contributed by atoms with van der Waals surface area (Å²) in [5, 5.41) is 1.67. The van der Waals surface area contributed by atoms with Crippen LogP contribution in [0, 0.1) is 0 Å². The van der Waals surface area contributed by atoms with Crippen molar-refractivity contribution in [1.82, 2.24) is 0 Å². The maximum absolute atomic E-state index is 2.66. The Kier molecular flexibility index (Phi) is 6.70. The Hall–Kier alpha value is -1.11. The van der Waals surface area contributed by atoms with Crippen LogP contribution in [-0.2, 0) is 38.5 Å². The molecule has 0 amide bonds. The topological polar surface area (TPSA) is 0 Å². The molecule has 0 saturated heterocycles. The van der Waals surface area contributed by atoms with Crippen LogP contribution in [0.15, 0.2) is 51.0 Å². The second-order valence-corrected chi connectivity index (χ2v) is 26.0. The van der Waals surface area contributed by atoms with Crippen molar-refractivity contribution < 1.29 is 21.3 Å². The summed E-state index contributed by atoms with van der Waals surface area (Å²) in [6.45, 7) is 26.5. The van der Waals surface area contributed by atoms with E-state index >= 15 is 0 Å². The molecule has 2 aromatic rings. The van der Waals surface area contributed by atoms with Crippen molar-refractivity contribution in [2.75, 3.05) is 0 Å². The fourth-order valence-electron chi connectivity index (χ4n) is 5.38. The van der Waals surface area contributed by atoms with Crippen LogP contribution >= 0.6 is 0 Å². The summed E-state index contributed by atoms with van der Waals surface area (Å²) >= 11 is -2.15. The van der Waals surface area contributed by atoms with E-state index in [1.54, 1.807) is 20.5 Å². The van der Waals surface area contributed by atoms with Crippen LogP contribution in [0.5, 0.6) is 0 Å². The fraction of sp³-hybridized carbons (Fsp3) is 0.469. The van der Waals surface area contributed by atoms with Crippen molar-refractivity contribution in [3.63, 3.8) is 0 Å². The number of benzene rings is 2. The Morgan fingerprint density at radius 3 is 1.97 bits per heavy atom. The molecule has 2 aromatic carbocycles. The van der Waals surface area contributed by atoms with E-state index in [-0.39, 0.29) is 10.8 Å². The average Bonchev–Trinajstić information content (AvgIpc) is 3.31. The van der Waals surface area contributed by atoms with E-state index in [9.17, 15) is 0 Å². The Bertz CT molecular complexity index is 1240. The predicted molar refractivity (Wildman–Crippen MR) is 152 cm³/mol. The predicted octanol–water partition coefficient (Wildman–Crippen LogP) is 8.40. The zero-order valence-electron chi connectivity index (χ0n) is 23.5. The maximum atomic E-state index is 2.66. The molecule has 0 heterocycles. The molecule has 34 heavy (non-hydrogen) atoms. The third-order valence-electron chi connectivity index (χ3n) is 7.58. The third-order valence-corrected chi connectivity index (χ3v) is 17.0. The quantitative estimate of drug-likeness (QED) is 0.289. The second kappa shape index (κ2) is 8.77. The fourth-order valence-corrected chi connectivity index (χ4v) is 14.3. The van der Waals surface area contributed by atoms with Crippen molar-refractivity contribution in [3.8, 4) is 11.1 Å².